The molecule has 166 valence electrons. The highest BCUT2D eigenvalue weighted by Crippen LogP contribution is 2.26. The molecule has 0 radical (unpaired) electrons. The normalized spacial score (nSPS) is 12.7. The van der Waals surface area contributed by atoms with Crippen LogP contribution in [0.25, 0.3) is 0 Å². The number of hydrogen-bond acceptors (Lipinski definition) is 3. The van der Waals surface area contributed by atoms with Crippen LogP contribution in [0, 0.1) is 11.3 Å². The highest BCUT2D eigenvalue weighted by Gasteiger charge is 2.24. The van der Waals surface area contributed by atoms with E-state index in [1.807, 2.05) is 36.9 Å². The Morgan fingerprint density at radius 3 is 2.38 bits per heavy atom. The van der Waals surface area contributed by atoms with Crippen LogP contribution in [0.1, 0.15) is 59.6 Å². The Morgan fingerprint density at radius 1 is 1.17 bits per heavy atom. The van der Waals surface area contributed by atoms with Crippen molar-refractivity contribution in [3.05, 3.63) is 24.0 Å². The number of aryl methyl sites for hydroxylation is 1. The molecule has 0 aliphatic carbocycles. The minimum absolute atomic E-state index is 0.0338. The van der Waals surface area contributed by atoms with Gasteiger partial charge in [-0.25, -0.2) is 0 Å². The summed E-state index contributed by atoms with van der Waals surface area (Å²) in [6, 6.07) is 3.98. The summed E-state index contributed by atoms with van der Waals surface area (Å²) in [5, 5.41) is 0. The Kier molecular flexibility index (Phi) is 10.4. The fourth-order valence-corrected chi connectivity index (χ4v) is 3.72. The molecular weight excluding hydrogens is 366 g/mol. The number of carbonyl (C=O) groups is 2. The SMILES string of the molecule is CCCN(CC(=O)N(CCOC)Cc1cccn1C)C(=O)C[C@H](C)CC(C)(C)C. The second-order valence-electron chi connectivity index (χ2n) is 9.31. The summed E-state index contributed by atoms with van der Waals surface area (Å²) >= 11 is 0. The van der Waals surface area contributed by atoms with Crippen molar-refractivity contribution in [2.45, 2.75) is 60.4 Å². The number of carbonyl (C=O) groups excluding carboxylic acids is 2. The molecule has 0 aliphatic heterocycles. The molecule has 6 heteroatoms. The summed E-state index contributed by atoms with van der Waals surface area (Å²) in [7, 11) is 3.60. The molecule has 2 amide bonds. The van der Waals surface area contributed by atoms with E-state index in [9.17, 15) is 9.59 Å². The van der Waals surface area contributed by atoms with E-state index in [1.165, 1.54) is 0 Å². The van der Waals surface area contributed by atoms with Crippen LogP contribution in [0.5, 0.6) is 0 Å². The largest absolute Gasteiger partial charge is 0.383 e. The molecule has 0 N–H and O–H groups in total. The van der Waals surface area contributed by atoms with Crippen molar-refractivity contribution in [3.63, 3.8) is 0 Å². The molecule has 1 atom stereocenters. The number of ether oxygens (including phenoxy) is 1. The first-order valence-electron chi connectivity index (χ1n) is 10.7. The molecule has 1 rings (SSSR count). The Labute approximate surface area is 177 Å². The topological polar surface area (TPSA) is 54.8 Å². The van der Waals surface area contributed by atoms with Gasteiger partial charge in [0.25, 0.3) is 0 Å². The highest BCUT2D eigenvalue weighted by molar-refractivity contribution is 5.85. The van der Waals surface area contributed by atoms with Crippen LogP contribution in [0.15, 0.2) is 18.3 Å². The fourth-order valence-electron chi connectivity index (χ4n) is 3.72. The van der Waals surface area contributed by atoms with Gasteiger partial charge in [0, 0.05) is 45.6 Å². The maximum absolute atomic E-state index is 13.1. The number of methoxy groups -OCH3 is 1. The van der Waals surface area contributed by atoms with Gasteiger partial charge in [0.1, 0.15) is 0 Å². The average molecular weight is 408 g/mol. The van der Waals surface area contributed by atoms with E-state index >= 15 is 0 Å². The third kappa shape index (κ3) is 9.48. The van der Waals surface area contributed by atoms with Crippen molar-refractivity contribution in [1.82, 2.24) is 14.4 Å². The molecule has 29 heavy (non-hydrogen) atoms. The molecule has 0 aliphatic rings. The van der Waals surface area contributed by atoms with Gasteiger partial charge in [-0.3, -0.25) is 9.59 Å². The predicted octanol–water partition coefficient (Wildman–Crippen LogP) is 3.70. The van der Waals surface area contributed by atoms with Gasteiger partial charge in [-0.1, -0.05) is 34.6 Å². The fraction of sp³-hybridized carbons (Fsp3) is 0.739. The second-order valence-corrected chi connectivity index (χ2v) is 9.31. The Balaban J connectivity index is 2.79. The lowest BCUT2D eigenvalue weighted by molar-refractivity contribution is -0.141. The number of nitrogens with zero attached hydrogens (tertiary/aromatic N) is 3. The number of aromatic nitrogens is 1. The van der Waals surface area contributed by atoms with Crippen LogP contribution >= 0.6 is 0 Å². The van der Waals surface area contributed by atoms with Gasteiger partial charge >= 0.3 is 0 Å². The van der Waals surface area contributed by atoms with Crippen molar-refractivity contribution in [2.75, 3.05) is 33.4 Å². The Hall–Kier alpha value is -1.82. The van der Waals surface area contributed by atoms with E-state index in [0.717, 1.165) is 18.5 Å². The minimum Gasteiger partial charge on any atom is -0.383 e. The van der Waals surface area contributed by atoms with E-state index in [2.05, 4.69) is 27.7 Å². The average Bonchev–Trinajstić information content (AvgIpc) is 3.00. The molecule has 1 aromatic rings. The monoisotopic (exact) mass is 407 g/mol. The van der Waals surface area contributed by atoms with Gasteiger partial charge in [0.15, 0.2) is 0 Å². The van der Waals surface area contributed by atoms with E-state index in [-0.39, 0.29) is 23.8 Å². The van der Waals surface area contributed by atoms with E-state index < -0.39 is 0 Å². The lowest BCUT2D eigenvalue weighted by Crippen LogP contribution is -2.44. The van der Waals surface area contributed by atoms with Crippen LogP contribution in [0.3, 0.4) is 0 Å². The standard InChI is InChI=1S/C23H41N3O3/c1-8-11-25(21(27)15-19(2)16-23(3,4)5)18-22(28)26(13-14-29-7)17-20-10-9-12-24(20)6/h9-10,12,19H,8,11,13-18H2,1-7H3/t19-/m0/s1. The lowest BCUT2D eigenvalue weighted by Gasteiger charge is -2.29. The molecule has 0 spiro atoms. The van der Waals surface area contributed by atoms with Crippen LogP contribution in [-0.4, -0.2) is 59.5 Å². The van der Waals surface area contributed by atoms with Gasteiger partial charge in [-0.15, -0.1) is 0 Å². The van der Waals surface area contributed by atoms with Crippen molar-refractivity contribution >= 4 is 11.8 Å². The van der Waals surface area contributed by atoms with Gasteiger partial charge < -0.3 is 19.1 Å². The summed E-state index contributed by atoms with van der Waals surface area (Å²) in [4.78, 5) is 29.5. The van der Waals surface area contributed by atoms with Crippen molar-refractivity contribution < 1.29 is 14.3 Å². The maximum Gasteiger partial charge on any atom is 0.242 e. The summed E-state index contributed by atoms with van der Waals surface area (Å²) < 4.78 is 7.20. The molecule has 1 heterocycles. The third-order valence-electron chi connectivity index (χ3n) is 4.98. The molecule has 0 saturated carbocycles. The predicted molar refractivity (Wildman–Crippen MR) is 117 cm³/mol. The van der Waals surface area contributed by atoms with Gasteiger partial charge in [-0.2, -0.15) is 0 Å². The highest BCUT2D eigenvalue weighted by atomic mass is 16.5. The zero-order chi connectivity index (χ0) is 22.0. The first-order chi connectivity index (χ1) is 13.6. The molecule has 0 unspecified atom stereocenters. The number of amides is 2. The second kappa shape index (κ2) is 12.0. The Morgan fingerprint density at radius 2 is 1.86 bits per heavy atom. The zero-order valence-corrected chi connectivity index (χ0v) is 19.5. The van der Waals surface area contributed by atoms with E-state index in [0.29, 0.717) is 38.6 Å². The van der Waals surface area contributed by atoms with Crippen molar-refractivity contribution in [3.8, 4) is 0 Å². The van der Waals surface area contributed by atoms with Gasteiger partial charge in [0.2, 0.25) is 11.8 Å². The van der Waals surface area contributed by atoms with Crippen LogP contribution in [-0.2, 0) is 27.9 Å². The number of rotatable bonds is 12. The first kappa shape index (κ1) is 25.2. The summed E-state index contributed by atoms with van der Waals surface area (Å²) in [6.07, 6.45) is 4.28. The molecule has 6 nitrogen and oxygen atoms in total. The molecule has 0 bridgehead atoms. The van der Waals surface area contributed by atoms with E-state index in [4.69, 9.17) is 4.74 Å². The summed E-state index contributed by atoms with van der Waals surface area (Å²) in [6.45, 7) is 13.0. The maximum atomic E-state index is 13.1. The van der Waals surface area contributed by atoms with Crippen molar-refractivity contribution in [1.29, 1.82) is 0 Å². The first-order valence-corrected chi connectivity index (χ1v) is 10.7. The summed E-state index contributed by atoms with van der Waals surface area (Å²) in [5.41, 5.74) is 1.25. The zero-order valence-electron chi connectivity index (χ0n) is 19.5. The van der Waals surface area contributed by atoms with Crippen LogP contribution in [0.4, 0.5) is 0 Å². The molecule has 0 fully saturated rings. The van der Waals surface area contributed by atoms with Gasteiger partial charge in [0.05, 0.1) is 19.7 Å². The minimum atomic E-state index is -0.0338. The molecule has 0 aromatic carbocycles. The summed E-state index contributed by atoms with van der Waals surface area (Å²) in [5.74, 6) is 0.334. The molecular formula is C23H41N3O3. The van der Waals surface area contributed by atoms with Gasteiger partial charge in [-0.05, 0) is 36.3 Å². The smallest absolute Gasteiger partial charge is 0.242 e. The number of hydrogen-bond donors (Lipinski definition) is 0. The lowest BCUT2D eigenvalue weighted by atomic mass is 9.84. The van der Waals surface area contributed by atoms with E-state index in [1.54, 1.807) is 16.9 Å². The van der Waals surface area contributed by atoms with Crippen LogP contribution < -0.4 is 0 Å². The third-order valence-corrected chi connectivity index (χ3v) is 4.98. The Bertz CT molecular complexity index is 634. The molecule has 1 aromatic heterocycles. The molecule has 0 saturated heterocycles. The quantitative estimate of drug-likeness (QED) is 0.531. The van der Waals surface area contributed by atoms with Crippen molar-refractivity contribution in [2.24, 2.45) is 18.4 Å². The van der Waals surface area contributed by atoms with Crippen LogP contribution in [0.2, 0.25) is 0 Å².